The molecule has 2 rings (SSSR count). The van der Waals surface area contributed by atoms with Crippen molar-refractivity contribution in [2.24, 2.45) is 0 Å². The lowest BCUT2D eigenvalue weighted by Gasteiger charge is -2.23. The SMILES string of the molecule is CC1=[N+](C)C(=O)N(C)C(=O)C1S(=O)(=O)Nc1ccc(C(C)C)cc1. The van der Waals surface area contributed by atoms with Gasteiger partial charge in [-0.3, -0.25) is 4.72 Å². The van der Waals surface area contributed by atoms with Crippen LogP contribution in [0.4, 0.5) is 10.5 Å². The lowest BCUT2D eigenvalue weighted by atomic mass is 10.0. The number of imide groups is 1. The summed E-state index contributed by atoms with van der Waals surface area (Å²) in [6.45, 7) is 5.55. The number of hydrogen-bond acceptors (Lipinski definition) is 4. The van der Waals surface area contributed by atoms with Gasteiger partial charge in [0.25, 0.3) is 10.0 Å². The van der Waals surface area contributed by atoms with Crippen LogP contribution < -0.4 is 4.72 Å². The maximum absolute atomic E-state index is 12.7. The summed E-state index contributed by atoms with van der Waals surface area (Å²) in [7, 11) is -1.31. The van der Waals surface area contributed by atoms with E-state index in [2.05, 4.69) is 4.72 Å². The monoisotopic (exact) mass is 352 g/mol. The van der Waals surface area contributed by atoms with Gasteiger partial charge >= 0.3 is 11.9 Å². The second kappa shape index (κ2) is 6.35. The summed E-state index contributed by atoms with van der Waals surface area (Å²) in [6.07, 6.45) is 0. The molecule has 1 aliphatic rings. The largest absolute Gasteiger partial charge is 0.500 e. The fourth-order valence-electron chi connectivity index (χ4n) is 2.52. The number of anilines is 1. The number of nitrogens with zero attached hydrogens (tertiary/aromatic N) is 2. The van der Waals surface area contributed by atoms with Gasteiger partial charge in [-0.05, 0) is 30.5 Å². The first-order valence-corrected chi connectivity index (χ1v) is 9.11. The van der Waals surface area contributed by atoms with Gasteiger partial charge in [0.1, 0.15) is 5.71 Å². The lowest BCUT2D eigenvalue weighted by molar-refractivity contribution is -0.405. The molecule has 1 N–H and O–H groups in total. The molecule has 0 saturated carbocycles. The van der Waals surface area contributed by atoms with Gasteiger partial charge in [-0.1, -0.05) is 26.0 Å². The maximum atomic E-state index is 12.7. The van der Waals surface area contributed by atoms with Gasteiger partial charge < -0.3 is 0 Å². The van der Waals surface area contributed by atoms with Crippen LogP contribution in [0.3, 0.4) is 0 Å². The van der Waals surface area contributed by atoms with Gasteiger partial charge in [0.15, 0.2) is 0 Å². The maximum Gasteiger partial charge on any atom is 0.500 e. The molecular formula is C16H22N3O4S+. The fraction of sp³-hybridized carbons (Fsp3) is 0.438. The van der Waals surface area contributed by atoms with Crippen molar-refractivity contribution in [2.45, 2.75) is 31.9 Å². The summed E-state index contributed by atoms with van der Waals surface area (Å²) in [5.74, 6) is -0.429. The molecule has 7 nitrogen and oxygen atoms in total. The minimum atomic E-state index is -4.03. The molecule has 3 amide bonds. The Labute approximate surface area is 142 Å². The van der Waals surface area contributed by atoms with Gasteiger partial charge in [-0.25, -0.2) is 13.2 Å². The smallest absolute Gasteiger partial charge is 0.282 e. The molecule has 1 aromatic rings. The predicted octanol–water partition coefficient (Wildman–Crippen LogP) is 1.62. The van der Waals surface area contributed by atoms with Crippen molar-refractivity contribution in [1.29, 1.82) is 0 Å². The minimum absolute atomic E-state index is 0.175. The molecule has 0 fully saturated rings. The van der Waals surface area contributed by atoms with Crippen LogP contribution in [0.25, 0.3) is 0 Å². The number of carbonyl (C=O) groups is 2. The highest BCUT2D eigenvalue weighted by atomic mass is 32.2. The summed E-state index contributed by atoms with van der Waals surface area (Å²) in [6, 6.07) is 6.44. The highest BCUT2D eigenvalue weighted by molar-refractivity contribution is 7.94. The van der Waals surface area contributed by atoms with E-state index >= 15 is 0 Å². The molecule has 1 aliphatic heterocycles. The third-order valence-electron chi connectivity index (χ3n) is 4.18. The van der Waals surface area contributed by atoms with Gasteiger partial charge in [-0.2, -0.15) is 14.3 Å². The first-order valence-electron chi connectivity index (χ1n) is 7.56. The number of carbonyl (C=O) groups excluding carboxylic acids is 2. The Morgan fingerprint density at radius 1 is 1.17 bits per heavy atom. The molecule has 1 atom stereocenters. The summed E-state index contributed by atoms with van der Waals surface area (Å²) in [5.41, 5.74) is 1.64. The molecule has 130 valence electrons. The van der Waals surface area contributed by atoms with E-state index in [1.165, 1.54) is 25.6 Å². The number of urea groups is 1. The minimum Gasteiger partial charge on any atom is -0.282 e. The Morgan fingerprint density at radius 2 is 1.71 bits per heavy atom. The summed E-state index contributed by atoms with van der Waals surface area (Å²) in [5, 5.41) is -1.44. The Morgan fingerprint density at radius 3 is 2.21 bits per heavy atom. The highest BCUT2D eigenvalue weighted by Gasteiger charge is 2.50. The van der Waals surface area contributed by atoms with Crippen LogP contribution in [-0.2, 0) is 14.8 Å². The van der Waals surface area contributed by atoms with E-state index in [1.807, 2.05) is 26.0 Å². The second-order valence-electron chi connectivity index (χ2n) is 6.18. The number of nitrogens with one attached hydrogen (secondary N) is 1. The number of amides is 3. The van der Waals surface area contributed by atoms with Crippen LogP contribution >= 0.6 is 0 Å². The zero-order chi connectivity index (χ0) is 18.2. The van der Waals surface area contributed by atoms with E-state index in [1.54, 1.807) is 12.1 Å². The predicted molar refractivity (Wildman–Crippen MR) is 91.9 cm³/mol. The van der Waals surface area contributed by atoms with Crippen LogP contribution in [0.15, 0.2) is 24.3 Å². The van der Waals surface area contributed by atoms with Gasteiger partial charge in [0.05, 0.1) is 14.1 Å². The lowest BCUT2D eigenvalue weighted by Crippen LogP contribution is -2.57. The molecule has 8 heteroatoms. The molecule has 24 heavy (non-hydrogen) atoms. The van der Waals surface area contributed by atoms with E-state index in [4.69, 9.17) is 0 Å². The van der Waals surface area contributed by atoms with Crippen LogP contribution in [0.2, 0.25) is 0 Å². The van der Waals surface area contributed by atoms with Crippen molar-refractivity contribution in [3.8, 4) is 0 Å². The number of rotatable bonds is 4. The van der Waals surface area contributed by atoms with E-state index < -0.39 is 27.2 Å². The van der Waals surface area contributed by atoms with Crippen LogP contribution in [0.1, 0.15) is 32.3 Å². The Kier molecular flexibility index (Phi) is 4.80. The Hall–Kier alpha value is -2.22. The molecule has 0 radical (unpaired) electrons. The zero-order valence-electron chi connectivity index (χ0n) is 14.4. The average molecular weight is 352 g/mol. The van der Waals surface area contributed by atoms with Crippen molar-refractivity contribution >= 4 is 33.4 Å². The molecular weight excluding hydrogens is 330 g/mol. The standard InChI is InChI=1S/C16H22N3O4S/c1-10(2)12-6-8-13(9-7-12)17-24(22,23)14-11(3)18(4)16(21)19(5)15(14)20/h6-10,14,17H,1-5H3/q+1. The molecule has 0 aliphatic carbocycles. The van der Waals surface area contributed by atoms with Crippen molar-refractivity contribution < 1.29 is 22.6 Å². The van der Waals surface area contributed by atoms with E-state index in [0.29, 0.717) is 11.6 Å². The third kappa shape index (κ3) is 3.19. The molecule has 1 heterocycles. The summed E-state index contributed by atoms with van der Waals surface area (Å²) < 4.78 is 29.0. The van der Waals surface area contributed by atoms with Crippen LogP contribution in [-0.4, -0.2) is 54.9 Å². The first kappa shape index (κ1) is 18.1. The van der Waals surface area contributed by atoms with Crippen molar-refractivity contribution in [3.05, 3.63) is 29.8 Å². The van der Waals surface area contributed by atoms with Gasteiger partial charge in [-0.15, -0.1) is 0 Å². The Balaban J connectivity index is 2.36. The molecule has 1 aromatic carbocycles. The van der Waals surface area contributed by atoms with Crippen molar-refractivity contribution in [2.75, 3.05) is 18.8 Å². The van der Waals surface area contributed by atoms with E-state index in [9.17, 15) is 18.0 Å². The van der Waals surface area contributed by atoms with Gasteiger partial charge in [0, 0.05) is 5.69 Å². The first-order chi connectivity index (χ1) is 11.1. The zero-order valence-corrected chi connectivity index (χ0v) is 15.2. The number of benzene rings is 1. The van der Waals surface area contributed by atoms with Crippen molar-refractivity contribution in [3.63, 3.8) is 0 Å². The van der Waals surface area contributed by atoms with E-state index in [0.717, 1.165) is 10.5 Å². The summed E-state index contributed by atoms with van der Waals surface area (Å²) in [4.78, 5) is 25.0. The molecule has 0 saturated heterocycles. The molecule has 0 aromatic heterocycles. The highest BCUT2D eigenvalue weighted by Crippen LogP contribution is 2.20. The number of hydrogen-bond donors (Lipinski definition) is 1. The van der Waals surface area contributed by atoms with Crippen molar-refractivity contribution in [1.82, 2.24) is 4.90 Å². The molecule has 0 bridgehead atoms. The molecule has 1 unspecified atom stereocenters. The van der Waals surface area contributed by atoms with E-state index in [-0.39, 0.29) is 5.71 Å². The second-order valence-corrected chi connectivity index (χ2v) is 7.95. The summed E-state index contributed by atoms with van der Waals surface area (Å²) >= 11 is 0. The van der Waals surface area contributed by atoms with Gasteiger partial charge in [0.2, 0.25) is 5.25 Å². The topological polar surface area (TPSA) is 86.6 Å². The number of sulfonamides is 1. The van der Waals surface area contributed by atoms with Crippen LogP contribution in [0.5, 0.6) is 0 Å². The van der Waals surface area contributed by atoms with Crippen LogP contribution in [0, 0.1) is 0 Å². The Bertz CT molecular complexity index is 810. The molecule has 0 spiro atoms. The normalized spacial score (nSPS) is 19.2. The third-order valence-corrected chi connectivity index (χ3v) is 5.87. The quantitative estimate of drug-likeness (QED) is 0.834. The average Bonchev–Trinajstić information content (AvgIpc) is 2.51. The fourth-order valence-corrected chi connectivity index (χ4v) is 4.13.